The van der Waals surface area contributed by atoms with Crippen LogP contribution < -0.4 is 21.5 Å². The first kappa shape index (κ1) is 13.9. The number of nitrogen functional groups attached to an aromatic ring is 1. The van der Waals surface area contributed by atoms with Crippen molar-refractivity contribution in [3.63, 3.8) is 0 Å². The van der Waals surface area contributed by atoms with Crippen molar-refractivity contribution in [3.05, 3.63) is 10.8 Å². The lowest BCUT2D eigenvalue weighted by atomic mass is 10.3. The highest BCUT2D eigenvalue weighted by atomic mass is 16.6. The molecule has 0 atom stereocenters. The smallest absolute Gasteiger partial charge is 0.211 e. The second kappa shape index (κ2) is 5.42. The maximum Gasteiger partial charge on any atom is 0.211 e. The monoisotopic (exact) mass is 260 g/mol. The van der Waals surface area contributed by atoms with E-state index in [1.165, 1.54) is 4.90 Å². The van der Waals surface area contributed by atoms with Crippen LogP contribution in [0, 0.1) is 10.8 Å². The van der Waals surface area contributed by atoms with E-state index in [0.29, 0.717) is 0 Å². The number of anilines is 2. The predicted octanol–water partition coefficient (Wildman–Crippen LogP) is -2.90. The van der Waals surface area contributed by atoms with Gasteiger partial charge >= 0.3 is 0 Å². The molecule has 0 aromatic carbocycles. The highest BCUT2D eigenvalue weighted by Crippen LogP contribution is 2.16. The summed E-state index contributed by atoms with van der Waals surface area (Å²) in [4.78, 5) is 1.50. The fourth-order valence-corrected chi connectivity index (χ4v) is 1.49. The van der Waals surface area contributed by atoms with Gasteiger partial charge < -0.3 is 31.3 Å². The van der Waals surface area contributed by atoms with Crippen molar-refractivity contribution in [1.82, 2.24) is 9.69 Å². The molecule has 0 radical (unpaired) electrons. The first-order valence-electron chi connectivity index (χ1n) is 5.07. The van der Waals surface area contributed by atoms with Crippen molar-refractivity contribution in [2.45, 2.75) is 0 Å². The summed E-state index contributed by atoms with van der Waals surface area (Å²) in [6.07, 6.45) is 0. The molecule has 1 rings (SSSR count). The third kappa shape index (κ3) is 2.24. The summed E-state index contributed by atoms with van der Waals surface area (Å²) in [6, 6.07) is 0. The van der Waals surface area contributed by atoms with E-state index in [1.54, 1.807) is 0 Å². The number of hydrogen-bond acceptors (Lipinski definition) is 8. The fraction of sp³-hybridized carbons (Fsp3) is 0.500. The Morgan fingerprint density at radius 2 is 1.56 bits per heavy atom. The van der Waals surface area contributed by atoms with Gasteiger partial charge in [-0.3, -0.25) is 10.8 Å². The van der Waals surface area contributed by atoms with Crippen LogP contribution in [0.2, 0.25) is 0 Å². The molecule has 0 bridgehead atoms. The molecule has 1 heterocycles. The zero-order valence-corrected chi connectivity index (χ0v) is 9.54. The second-order valence-corrected chi connectivity index (χ2v) is 3.47. The lowest BCUT2D eigenvalue weighted by Crippen LogP contribution is -2.44. The van der Waals surface area contributed by atoms with Crippen molar-refractivity contribution in [2.75, 3.05) is 36.9 Å². The molecule has 102 valence electrons. The molecule has 10 nitrogen and oxygen atoms in total. The van der Waals surface area contributed by atoms with E-state index in [9.17, 15) is 10.4 Å². The van der Waals surface area contributed by atoms with Gasteiger partial charge in [0.2, 0.25) is 5.49 Å². The van der Waals surface area contributed by atoms with Crippen LogP contribution in [0.4, 0.5) is 11.5 Å². The average Bonchev–Trinajstić information content (AvgIpc) is 2.35. The largest absolute Gasteiger partial charge is 0.409 e. The quantitative estimate of drug-likeness (QED) is 0.280. The Bertz CT molecular complexity index is 530. The summed E-state index contributed by atoms with van der Waals surface area (Å²) < 4.78 is 0. The molecule has 0 saturated carbocycles. The van der Waals surface area contributed by atoms with Gasteiger partial charge in [0.05, 0.1) is 13.2 Å². The van der Waals surface area contributed by atoms with Crippen molar-refractivity contribution in [3.8, 4) is 0 Å². The first-order chi connectivity index (χ1) is 8.45. The summed E-state index contributed by atoms with van der Waals surface area (Å²) in [5.41, 5.74) is 4.67. The number of aliphatic hydroxyl groups excluding tert-OH is 2. The number of rotatable bonds is 5. The number of nitrogens with zero attached hydrogens (tertiary/aromatic N) is 3. The number of nitrogens with one attached hydrogen (secondary N) is 2. The molecule has 10 heteroatoms. The van der Waals surface area contributed by atoms with Crippen molar-refractivity contribution in [1.29, 1.82) is 10.8 Å². The minimum absolute atomic E-state index is 0.0299. The topological polar surface area (TPSA) is 168 Å². The van der Waals surface area contributed by atoms with Crippen LogP contribution in [0.25, 0.3) is 0 Å². The number of nitrogens with two attached hydrogens (primary N) is 1. The molecule has 0 aliphatic rings. The van der Waals surface area contributed by atoms with Gasteiger partial charge in [0, 0.05) is 13.1 Å². The van der Waals surface area contributed by atoms with E-state index in [0.717, 1.165) is 0 Å². The minimum Gasteiger partial charge on any atom is -0.409 e. The van der Waals surface area contributed by atoms with Crippen LogP contribution in [0.3, 0.4) is 0 Å². The van der Waals surface area contributed by atoms with Gasteiger partial charge in [-0.2, -0.15) is 0 Å². The molecule has 0 unspecified atom stereocenters. The molecule has 18 heavy (non-hydrogen) atoms. The molecule has 0 saturated heterocycles. The molecule has 0 amide bonds. The summed E-state index contributed by atoms with van der Waals surface area (Å²) in [6.45, 7) is -0.494. The van der Waals surface area contributed by atoms with Gasteiger partial charge in [-0.1, -0.05) is 9.69 Å². The lowest BCUT2D eigenvalue weighted by molar-refractivity contribution is -0.0234. The standard InChI is InChI=1S/C8H16N6O4/c9-5-6(10)8(12(1-3-15)2-4-16)14(18)13(17)7(5)11/h9,11,15-18H,1-4,10H2. The van der Waals surface area contributed by atoms with Gasteiger partial charge in [-0.15, -0.1) is 0 Å². The van der Waals surface area contributed by atoms with Gasteiger partial charge in [0.1, 0.15) is 11.0 Å². The van der Waals surface area contributed by atoms with Crippen LogP contribution in [0.1, 0.15) is 0 Å². The first-order valence-corrected chi connectivity index (χ1v) is 5.07. The Morgan fingerprint density at radius 3 is 2.00 bits per heavy atom. The molecule has 0 aliphatic carbocycles. The predicted molar refractivity (Wildman–Crippen MR) is 59.3 cm³/mol. The second-order valence-electron chi connectivity index (χ2n) is 3.47. The number of aromatic nitrogens is 2. The van der Waals surface area contributed by atoms with Gasteiger partial charge in [-0.05, 0) is 0 Å². The van der Waals surface area contributed by atoms with Crippen LogP contribution in [-0.2, 0) is 0 Å². The maximum absolute atomic E-state index is 9.65. The highest BCUT2D eigenvalue weighted by Gasteiger charge is 2.18. The van der Waals surface area contributed by atoms with E-state index in [2.05, 4.69) is 0 Å². The Balaban J connectivity index is 3.47. The molecular formula is C8H16N6O4. The number of aliphatic hydroxyl groups is 2. The zero-order chi connectivity index (χ0) is 13.9. The SMILES string of the molecule is N=c1c(N)c(N(CCO)CCO)n(O)n(O)c1=N. The molecule has 0 aliphatic heterocycles. The Labute approximate surface area is 101 Å². The van der Waals surface area contributed by atoms with Crippen LogP contribution in [-0.4, -0.2) is 56.6 Å². The molecular weight excluding hydrogens is 244 g/mol. The molecule has 1 aromatic heterocycles. The fourth-order valence-electron chi connectivity index (χ4n) is 1.49. The molecule has 0 spiro atoms. The molecule has 1 aromatic rings. The molecule has 0 fully saturated rings. The summed E-state index contributed by atoms with van der Waals surface area (Å²) in [7, 11) is 0. The van der Waals surface area contributed by atoms with Crippen LogP contribution >= 0.6 is 0 Å². The Hall–Kier alpha value is -2.20. The lowest BCUT2D eigenvalue weighted by Gasteiger charge is -2.25. The van der Waals surface area contributed by atoms with Gasteiger partial charge in [-0.25, -0.2) is 0 Å². The van der Waals surface area contributed by atoms with Crippen molar-refractivity contribution < 1.29 is 20.6 Å². The van der Waals surface area contributed by atoms with E-state index in [-0.39, 0.29) is 47.5 Å². The third-order valence-corrected chi connectivity index (χ3v) is 2.36. The van der Waals surface area contributed by atoms with E-state index in [4.69, 9.17) is 26.8 Å². The van der Waals surface area contributed by atoms with Crippen LogP contribution in [0.5, 0.6) is 0 Å². The number of hydrogen-bond donors (Lipinski definition) is 7. The van der Waals surface area contributed by atoms with Gasteiger partial charge in [0.25, 0.3) is 0 Å². The normalized spacial score (nSPS) is 10.6. The summed E-state index contributed by atoms with van der Waals surface area (Å²) in [5.74, 6) is -0.179. The highest BCUT2D eigenvalue weighted by molar-refractivity contribution is 5.61. The third-order valence-electron chi connectivity index (χ3n) is 2.36. The maximum atomic E-state index is 9.65. The molecule has 8 N–H and O–H groups in total. The van der Waals surface area contributed by atoms with Gasteiger partial charge in [0.15, 0.2) is 5.82 Å². The summed E-state index contributed by atoms with van der Waals surface area (Å²) in [5, 5.41) is 51.2. The Kier molecular flexibility index (Phi) is 4.18. The van der Waals surface area contributed by atoms with Crippen molar-refractivity contribution in [2.24, 2.45) is 0 Å². The summed E-state index contributed by atoms with van der Waals surface area (Å²) >= 11 is 0. The van der Waals surface area contributed by atoms with Crippen LogP contribution in [0.15, 0.2) is 0 Å². The zero-order valence-electron chi connectivity index (χ0n) is 9.54. The van der Waals surface area contributed by atoms with Crippen molar-refractivity contribution >= 4 is 11.5 Å². The minimum atomic E-state index is -0.688. The van der Waals surface area contributed by atoms with E-state index in [1.807, 2.05) is 0 Å². The Morgan fingerprint density at radius 1 is 1.06 bits per heavy atom. The van der Waals surface area contributed by atoms with E-state index < -0.39 is 10.8 Å². The van der Waals surface area contributed by atoms with E-state index >= 15 is 0 Å². The average molecular weight is 260 g/mol.